The van der Waals surface area contributed by atoms with Crippen molar-refractivity contribution in [1.82, 2.24) is 15.6 Å². The topological polar surface area (TPSA) is 92.8 Å². The molecule has 36 heavy (non-hydrogen) atoms. The number of nitrogens with one attached hydrogen (secondary N) is 2. The van der Waals surface area contributed by atoms with E-state index >= 15 is 0 Å². The Morgan fingerprint density at radius 2 is 1.86 bits per heavy atom. The minimum atomic E-state index is -0.115. The Bertz CT molecular complexity index is 1040. The SMILES string of the molecule is COc1cccc(C(=O)NC2C[C@H]3CC[C@@H](C2)N3c2ccc(C(=O)NCCCOC(C)C)cn2)c1C. The number of piperidine rings is 1. The van der Waals surface area contributed by atoms with E-state index in [0.717, 1.165) is 49.2 Å². The van der Waals surface area contributed by atoms with Crippen LogP contribution in [0.25, 0.3) is 0 Å². The molecule has 2 N–H and O–H groups in total. The summed E-state index contributed by atoms with van der Waals surface area (Å²) >= 11 is 0. The molecule has 2 aromatic rings. The highest BCUT2D eigenvalue weighted by Crippen LogP contribution is 2.38. The zero-order valence-corrected chi connectivity index (χ0v) is 21.8. The van der Waals surface area contributed by atoms with Gasteiger partial charge in [0, 0.05) is 48.6 Å². The fraction of sp³-hybridized carbons (Fsp3) is 0.536. The van der Waals surface area contributed by atoms with Gasteiger partial charge in [-0.3, -0.25) is 9.59 Å². The number of benzene rings is 1. The predicted molar refractivity (Wildman–Crippen MR) is 140 cm³/mol. The number of anilines is 1. The number of pyridine rings is 1. The van der Waals surface area contributed by atoms with E-state index in [9.17, 15) is 9.59 Å². The van der Waals surface area contributed by atoms with Crippen LogP contribution in [0, 0.1) is 6.92 Å². The minimum Gasteiger partial charge on any atom is -0.496 e. The van der Waals surface area contributed by atoms with Crippen LogP contribution in [0.5, 0.6) is 5.75 Å². The Balaban J connectivity index is 1.32. The Hall–Kier alpha value is -3.13. The van der Waals surface area contributed by atoms with Crippen molar-refractivity contribution in [3.8, 4) is 5.75 Å². The first-order valence-electron chi connectivity index (χ1n) is 13.0. The number of rotatable bonds is 10. The van der Waals surface area contributed by atoms with E-state index in [1.165, 1.54) is 0 Å². The Morgan fingerprint density at radius 3 is 2.50 bits per heavy atom. The number of ether oxygens (including phenoxy) is 2. The van der Waals surface area contributed by atoms with Crippen molar-refractivity contribution in [2.24, 2.45) is 0 Å². The summed E-state index contributed by atoms with van der Waals surface area (Å²) in [5.41, 5.74) is 2.08. The molecular weight excluding hydrogens is 456 g/mol. The maximum absolute atomic E-state index is 13.0. The maximum Gasteiger partial charge on any atom is 0.252 e. The normalized spacial score (nSPS) is 20.9. The van der Waals surface area contributed by atoms with Gasteiger partial charge in [0.05, 0.1) is 18.8 Å². The molecule has 2 aliphatic heterocycles. The molecule has 3 atom stereocenters. The summed E-state index contributed by atoms with van der Waals surface area (Å²) in [5, 5.41) is 6.18. The van der Waals surface area contributed by atoms with Gasteiger partial charge in [-0.2, -0.15) is 0 Å². The van der Waals surface area contributed by atoms with Crippen molar-refractivity contribution < 1.29 is 19.1 Å². The summed E-state index contributed by atoms with van der Waals surface area (Å²) in [5.74, 6) is 1.46. The molecule has 3 heterocycles. The molecule has 4 rings (SSSR count). The van der Waals surface area contributed by atoms with Crippen LogP contribution in [-0.4, -0.2) is 61.3 Å². The van der Waals surface area contributed by atoms with Crippen LogP contribution in [-0.2, 0) is 4.74 Å². The van der Waals surface area contributed by atoms with Gasteiger partial charge in [0.15, 0.2) is 0 Å². The van der Waals surface area contributed by atoms with Crippen LogP contribution in [0.2, 0.25) is 0 Å². The average molecular weight is 495 g/mol. The molecule has 0 saturated carbocycles. The Kier molecular flexibility index (Phi) is 8.46. The lowest BCUT2D eigenvalue weighted by Crippen LogP contribution is -2.50. The lowest BCUT2D eigenvalue weighted by Gasteiger charge is -2.40. The minimum absolute atomic E-state index is 0.0477. The highest BCUT2D eigenvalue weighted by Gasteiger charge is 2.41. The number of aromatic nitrogens is 1. The quantitative estimate of drug-likeness (QED) is 0.487. The highest BCUT2D eigenvalue weighted by molar-refractivity contribution is 5.96. The second kappa shape index (κ2) is 11.7. The summed E-state index contributed by atoms with van der Waals surface area (Å²) < 4.78 is 10.9. The van der Waals surface area contributed by atoms with Gasteiger partial charge in [0.25, 0.3) is 11.8 Å². The summed E-state index contributed by atoms with van der Waals surface area (Å²) in [6.45, 7) is 7.12. The van der Waals surface area contributed by atoms with Crippen molar-refractivity contribution in [1.29, 1.82) is 0 Å². The monoisotopic (exact) mass is 494 g/mol. The molecule has 0 aliphatic carbocycles. The maximum atomic E-state index is 13.0. The van der Waals surface area contributed by atoms with Gasteiger partial charge in [-0.25, -0.2) is 4.98 Å². The fourth-order valence-electron chi connectivity index (χ4n) is 5.38. The third-order valence-electron chi connectivity index (χ3n) is 7.15. The van der Waals surface area contributed by atoms with Crippen molar-refractivity contribution in [3.63, 3.8) is 0 Å². The van der Waals surface area contributed by atoms with Gasteiger partial charge in [0.2, 0.25) is 0 Å². The van der Waals surface area contributed by atoms with E-state index < -0.39 is 0 Å². The lowest BCUT2D eigenvalue weighted by molar-refractivity contribution is 0.0757. The lowest BCUT2D eigenvalue weighted by atomic mass is 9.96. The third-order valence-corrected chi connectivity index (χ3v) is 7.15. The van der Waals surface area contributed by atoms with Crippen molar-refractivity contribution in [2.75, 3.05) is 25.2 Å². The fourth-order valence-corrected chi connectivity index (χ4v) is 5.38. The van der Waals surface area contributed by atoms with Crippen LogP contribution in [0.1, 0.15) is 72.2 Å². The summed E-state index contributed by atoms with van der Waals surface area (Å²) in [7, 11) is 1.62. The number of carbonyl (C=O) groups is 2. The molecule has 2 fully saturated rings. The molecule has 2 saturated heterocycles. The van der Waals surface area contributed by atoms with Crippen molar-refractivity contribution in [2.45, 2.75) is 77.1 Å². The van der Waals surface area contributed by atoms with E-state index in [2.05, 4.69) is 20.5 Å². The van der Waals surface area contributed by atoms with Crippen molar-refractivity contribution >= 4 is 17.6 Å². The molecule has 0 spiro atoms. The molecule has 194 valence electrons. The number of nitrogens with zero attached hydrogens (tertiary/aromatic N) is 2. The highest BCUT2D eigenvalue weighted by atomic mass is 16.5. The van der Waals surface area contributed by atoms with Crippen LogP contribution in [0.3, 0.4) is 0 Å². The molecule has 2 bridgehead atoms. The van der Waals surface area contributed by atoms with E-state index in [4.69, 9.17) is 9.47 Å². The molecule has 1 aromatic carbocycles. The Labute approximate surface area is 213 Å². The van der Waals surface area contributed by atoms with Gasteiger partial charge in [-0.15, -0.1) is 0 Å². The molecule has 2 amide bonds. The summed E-state index contributed by atoms with van der Waals surface area (Å²) in [6.07, 6.45) is 6.57. The number of carbonyl (C=O) groups excluding carboxylic acids is 2. The van der Waals surface area contributed by atoms with Crippen LogP contribution in [0.15, 0.2) is 36.5 Å². The molecule has 8 heteroatoms. The molecule has 8 nitrogen and oxygen atoms in total. The zero-order valence-electron chi connectivity index (χ0n) is 21.8. The molecular formula is C28H38N4O4. The van der Waals surface area contributed by atoms with Crippen LogP contribution < -0.4 is 20.3 Å². The number of hydrogen-bond donors (Lipinski definition) is 2. The average Bonchev–Trinajstić information content (AvgIpc) is 3.13. The number of methoxy groups -OCH3 is 1. The second-order valence-electron chi connectivity index (χ2n) is 10.0. The van der Waals surface area contributed by atoms with Gasteiger partial charge < -0.3 is 25.0 Å². The first-order chi connectivity index (χ1) is 17.4. The van der Waals surface area contributed by atoms with Gasteiger partial charge in [-0.1, -0.05) is 6.07 Å². The van der Waals surface area contributed by atoms with E-state index in [1.807, 2.05) is 51.1 Å². The van der Waals surface area contributed by atoms with Crippen molar-refractivity contribution in [3.05, 3.63) is 53.2 Å². The van der Waals surface area contributed by atoms with Gasteiger partial charge in [0.1, 0.15) is 11.6 Å². The number of amides is 2. The predicted octanol–water partition coefficient (Wildman–Crippen LogP) is 3.87. The van der Waals surface area contributed by atoms with E-state index in [1.54, 1.807) is 13.3 Å². The molecule has 1 unspecified atom stereocenters. The molecule has 0 radical (unpaired) electrons. The second-order valence-corrected chi connectivity index (χ2v) is 10.0. The largest absolute Gasteiger partial charge is 0.496 e. The smallest absolute Gasteiger partial charge is 0.252 e. The van der Waals surface area contributed by atoms with Crippen LogP contribution in [0.4, 0.5) is 5.82 Å². The summed E-state index contributed by atoms with van der Waals surface area (Å²) in [6, 6.07) is 10.1. The summed E-state index contributed by atoms with van der Waals surface area (Å²) in [4.78, 5) is 32.5. The standard InChI is InChI=1S/C28H38N4O4/c1-18(2)36-14-6-13-29-27(33)20-9-12-26(30-17-20)32-22-10-11-23(32)16-21(15-22)31-28(34)24-7-5-8-25(35-4)19(24)3/h5,7-9,12,17-18,21-23H,6,10-11,13-16H2,1-4H3,(H,29,33)(H,31,34)/t21?,22-,23+. The van der Waals surface area contributed by atoms with Gasteiger partial charge in [-0.05, 0) is 77.1 Å². The zero-order chi connectivity index (χ0) is 25.7. The first kappa shape index (κ1) is 25.9. The third kappa shape index (κ3) is 5.98. The number of fused-ring (bicyclic) bond motifs is 2. The van der Waals surface area contributed by atoms with Crippen LogP contribution >= 0.6 is 0 Å². The molecule has 2 aliphatic rings. The van der Waals surface area contributed by atoms with E-state index in [0.29, 0.717) is 36.4 Å². The molecule has 1 aromatic heterocycles. The number of hydrogen-bond acceptors (Lipinski definition) is 6. The van der Waals surface area contributed by atoms with E-state index in [-0.39, 0.29) is 24.0 Å². The first-order valence-corrected chi connectivity index (χ1v) is 13.0. The Morgan fingerprint density at radius 1 is 1.11 bits per heavy atom. The van der Waals surface area contributed by atoms with Gasteiger partial charge >= 0.3 is 0 Å².